The zero-order valence-electron chi connectivity index (χ0n) is 21.2. The van der Waals surface area contributed by atoms with E-state index in [0.29, 0.717) is 26.4 Å². The summed E-state index contributed by atoms with van der Waals surface area (Å²) in [4.78, 5) is 30.2. The first-order chi connectivity index (χ1) is 19.9. The van der Waals surface area contributed by atoms with Gasteiger partial charge < -0.3 is 4.42 Å². The van der Waals surface area contributed by atoms with Crippen molar-refractivity contribution in [2.45, 2.75) is 18.9 Å². The molecule has 7 nitrogen and oxygen atoms in total. The van der Waals surface area contributed by atoms with Crippen molar-refractivity contribution >= 4 is 40.4 Å². The van der Waals surface area contributed by atoms with E-state index >= 15 is 0 Å². The highest BCUT2D eigenvalue weighted by molar-refractivity contribution is 7.07. The molecule has 1 aliphatic carbocycles. The number of halogens is 2. The van der Waals surface area contributed by atoms with Crippen LogP contribution in [0.2, 0.25) is 5.02 Å². The lowest BCUT2D eigenvalue weighted by molar-refractivity contribution is -0.384. The summed E-state index contributed by atoms with van der Waals surface area (Å²) in [5.41, 5.74) is 4.99. The van der Waals surface area contributed by atoms with Gasteiger partial charge in [0.25, 0.3) is 11.2 Å². The van der Waals surface area contributed by atoms with Crippen LogP contribution in [0, 0.1) is 15.9 Å². The predicted molar refractivity (Wildman–Crippen MR) is 155 cm³/mol. The number of nitrogens with zero attached hydrogens (tertiary/aromatic N) is 3. The molecule has 2 aromatic heterocycles. The van der Waals surface area contributed by atoms with Crippen LogP contribution >= 0.6 is 22.9 Å². The van der Waals surface area contributed by atoms with Gasteiger partial charge in [0.05, 0.1) is 21.2 Å². The molecule has 1 aliphatic heterocycles. The second-order valence-corrected chi connectivity index (χ2v) is 11.2. The summed E-state index contributed by atoms with van der Waals surface area (Å²) in [6.07, 6.45) is 3.21. The molecule has 1 atom stereocenters. The molecule has 0 saturated heterocycles. The van der Waals surface area contributed by atoms with Crippen LogP contribution in [0.3, 0.4) is 0 Å². The molecule has 0 amide bonds. The van der Waals surface area contributed by atoms with Crippen LogP contribution in [0.15, 0.2) is 98.6 Å². The van der Waals surface area contributed by atoms with Crippen molar-refractivity contribution in [1.82, 2.24) is 4.57 Å². The van der Waals surface area contributed by atoms with Crippen molar-refractivity contribution in [2.75, 3.05) is 0 Å². The lowest BCUT2D eigenvalue weighted by Gasteiger charge is -2.30. The highest BCUT2D eigenvalue weighted by Crippen LogP contribution is 2.41. The van der Waals surface area contributed by atoms with Crippen LogP contribution < -0.4 is 14.9 Å². The van der Waals surface area contributed by atoms with Crippen LogP contribution in [0.1, 0.15) is 34.9 Å². The zero-order valence-corrected chi connectivity index (χ0v) is 22.8. The largest absolute Gasteiger partial charge is 0.457 e. The van der Waals surface area contributed by atoms with Gasteiger partial charge in [0.15, 0.2) is 4.80 Å². The Morgan fingerprint density at radius 1 is 1.07 bits per heavy atom. The molecule has 0 N–H and O–H groups in total. The second kappa shape index (κ2) is 9.79. The first kappa shape index (κ1) is 25.4. The molecule has 0 saturated carbocycles. The van der Waals surface area contributed by atoms with E-state index in [9.17, 15) is 19.3 Å². The normalized spacial score (nSPS) is 16.1. The molecule has 5 aromatic rings. The van der Waals surface area contributed by atoms with Crippen LogP contribution in [0.25, 0.3) is 23.1 Å². The Hall–Kier alpha value is -4.60. The van der Waals surface area contributed by atoms with Gasteiger partial charge in [0.2, 0.25) is 0 Å². The number of hydrogen-bond donors (Lipinski definition) is 0. The van der Waals surface area contributed by atoms with E-state index in [0.717, 1.165) is 35.2 Å². The van der Waals surface area contributed by atoms with E-state index in [1.54, 1.807) is 41.0 Å². The van der Waals surface area contributed by atoms with Gasteiger partial charge in [0.1, 0.15) is 22.4 Å². The summed E-state index contributed by atoms with van der Waals surface area (Å²) < 4.78 is 21.9. The average Bonchev–Trinajstić information content (AvgIpc) is 3.57. The number of aryl methyl sites for hydroxylation is 1. The molecule has 0 radical (unpaired) electrons. The van der Waals surface area contributed by atoms with Crippen molar-refractivity contribution in [3.63, 3.8) is 0 Å². The van der Waals surface area contributed by atoms with E-state index in [-0.39, 0.29) is 22.1 Å². The molecular formula is C31H19ClFN3O4S. The molecule has 41 heavy (non-hydrogen) atoms. The van der Waals surface area contributed by atoms with E-state index in [2.05, 4.69) is 12.1 Å². The summed E-state index contributed by atoms with van der Waals surface area (Å²) in [5, 5.41) is 11.3. The summed E-state index contributed by atoms with van der Waals surface area (Å²) in [5.74, 6) is 0.472. The Morgan fingerprint density at radius 2 is 1.88 bits per heavy atom. The molecule has 0 bridgehead atoms. The SMILES string of the molecule is O=c1/c(=C\c2ccc(-c3ccc(Cl)c([N+](=O)[O-])c3)o2)sc2n1[C@H](c1ccc(F)cc1)C1=C(N=2)c2ccccc2CC1. The highest BCUT2D eigenvalue weighted by Gasteiger charge is 2.32. The van der Waals surface area contributed by atoms with Gasteiger partial charge in [-0.1, -0.05) is 59.3 Å². The molecule has 3 heterocycles. The average molecular weight is 584 g/mol. The van der Waals surface area contributed by atoms with Crippen molar-refractivity contribution in [1.29, 1.82) is 0 Å². The lowest BCUT2D eigenvalue weighted by Crippen LogP contribution is -2.38. The number of nitro benzene ring substituents is 1. The third-order valence-corrected chi connectivity index (χ3v) is 8.69. The smallest absolute Gasteiger partial charge is 0.288 e. The Morgan fingerprint density at radius 3 is 2.68 bits per heavy atom. The minimum Gasteiger partial charge on any atom is -0.457 e. The van der Waals surface area contributed by atoms with Crippen LogP contribution in [0.5, 0.6) is 0 Å². The van der Waals surface area contributed by atoms with Crippen LogP contribution in [0.4, 0.5) is 10.1 Å². The number of hydrogen-bond acceptors (Lipinski definition) is 6. The zero-order chi connectivity index (χ0) is 28.2. The van der Waals surface area contributed by atoms with Crippen molar-refractivity contribution in [3.8, 4) is 11.3 Å². The van der Waals surface area contributed by atoms with Crippen molar-refractivity contribution in [2.24, 2.45) is 4.99 Å². The third-order valence-electron chi connectivity index (χ3n) is 7.39. The number of rotatable bonds is 4. The lowest BCUT2D eigenvalue weighted by atomic mass is 9.83. The maximum atomic E-state index is 13.9. The summed E-state index contributed by atoms with van der Waals surface area (Å²) in [6, 6.07) is 21.8. The van der Waals surface area contributed by atoms with Gasteiger partial charge in [-0.3, -0.25) is 19.5 Å². The monoisotopic (exact) mass is 583 g/mol. The van der Waals surface area contributed by atoms with Gasteiger partial charge in [-0.15, -0.1) is 0 Å². The van der Waals surface area contributed by atoms with Gasteiger partial charge in [-0.25, -0.2) is 9.38 Å². The number of furan rings is 1. The van der Waals surface area contributed by atoms with Gasteiger partial charge in [-0.2, -0.15) is 0 Å². The first-order valence-corrected chi connectivity index (χ1v) is 14.0. The summed E-state index contributed by atoms with van der Waals surface area (Å²) in [6.45, 7) is 0. The van der Waals surface area contributed by atoms with E-state index < -0.39 is 11.0 Å². The Labute approximate surface area is 241 Å². The minimum absolute atomic E-state index is 0.0349. The summed E-state index contributed by atoms with van der Waals surface area (Å²) in [7, 11) is 0. The Bertz CT molecular complexity index is 2090. The molecule has 0 spiro atoms. The maximum absolute atomic E-state index is 13.9. The number of fused-ring (bicyclic) bond motifs is 3. The van der Waals surface area contributed by atoms with Crippen LogP contribution in [-0.4, -0.2) is 9.49 Å². The summed E-state index contributed by atoms with van der Waals surface area (Å²) >= 11 is 7.21. The van der Waals surface area contributed by atoms with E-state index in [1.807, 2.05) is 12.1 Å². The molecular weight excluding hydrogens is 565 g/mol. The maximum Gasteiger partial charge on any atom is 0.288 e. The van der Waals surface area contributed by atoms with Gasteiger partial charge in [0, 0.05) is 23.3 Å². The molecule has 3 aromatic carbocycles. The predicted octanol–water partition coefficient (Wildman–Crippen LogP) is 6.28. The fourth-order valence-electron chi connectivity index (χ4n) is 5.49. The van der Waals surface area contributed by atoms with E-state index in [4.69, 9.17) is 21.0 Å². The number of nitro groups is 1. The molecule has 2 aliphatic rings. The highest BCUT2D eigenvalue weighted by atomic mass is 35.5. The molecule has 10 heteroatoms. The number of thiazole rings is 1. The fraction of sp³-hybridized carbons (Fsp3) is 0.0968. The van der Waals surface area contributed by atoms with E-state index in [1.165, 1.54) is 41.2 Å². The number of benzene rings is 3. The quantitative estimate of drug-likeness (QED) is 0.184. The van der Waals surface area contributed by atoms with Crippen LogP contribution in [-0.2, 0) is 6.42 Å². The minimum atomic E-state index is -0.550. The van der Waals surface area contributed by atoms with Gasteiger partial charge >= 0.3 is 0 Å². The first-order valence-electron chi connectivity index (χ1n) is 12.8. The molecule has 0 fully saturated rings. The van der Waals surface area contributed by atoms with Gasteiger partial charge in [-0.05, 0) is 65.9 Å². The molecule has 7 rings (SSSR count). The molecule has 202 valence electrons. The Balaban J connectivity index is 1.37. The van der Waals surface area contributed by atoms with Crippen molar-refractivity contribution in [3.05, 3.63) is 148 Å². The third kappa shape index (κ3) is 4.34. The fourth-order valence-corrected chi connectivity index (χ4v) is 6.66. The number of allylic oxidation sites excluding steroid dienone is 1. The topological polar surface area (TPSA) is 90.6 Å². The number of aromatic nitrogens is 1. The standard InChI is InChI=1S/C31H19ClFN3O4S/c32-24-13-8-19(15-25(24)36(38)39)26-14-11-21(40-26)16-27-30(37)35-29(18-5-9-20(33)10-6-18)23-12-7-17-3-1-2-4-22(17)28(23)34-31(35)41-27/h1-6,8-11,13-16,29H,7,12H2/b27-16+/t29-/m1/s1. The Kier molecular flexibility index (Phi) is 6.06. The molecule has 0 unspecified atom stereocenters. The van der Waals surface area contributed by atoms with Crippen molar-refractivity contribution < 1.29 is 13.7 Å². The second-order valence-electron chi connectivity index (χ2n) is 9.79.